The van der Waals surface area contributed by atoms with E-state index in [4.69, 9.17) is 5.10 Å². The number of hydrogen-bond acceptors (Lipinski definition) is 3. The van der Waals surface area contributed by atoms with Crippen LogP contribution >= 0.6 is 0 Å². The van der Waals surface area contributed by atoms with Gasteiger partial charge in [0.05, 0.1) is 11.4 Å². The molecule has 3 rings (SSSR count). The fourth-order valence-corrected chi connectivity index (χ4v) is 3.36. The summed E-state index contributed by atoms with van der Waals surface area (Å²) in [5.74, 6) is 0.352. The van der Waals surface area contributed by atoms with Crippen molar-refractivity contribution in [3.63, 3.8) is 0 Å². The molecule has 1 N–H and O–H groups in total. The van der Waals surface area contributed by atoms with E-state index in [1.807, 2.05) is 0 Å². The molecule has 1 aromatic rings. The number of nitrogens with zero attached hydrogens (tertiary/aromatic N) is 3. The summed E-state index contributed by atoms with van der Waals surface area (Å²) in [7, 11) is 0. The molecule has 0 fully saturated rings. The van der Waals surface area contributed by atoms with Crippen LogP contribution in [0.15, 0.2) is 5.10 Å². The normalized spacial score (nSPS) is 21.0. The third kappa shape index (κ3) is 2.39. The van der Waals surface area contributed by atoms with Gasteiger partial charge in [0.1, 0.15) is 0 Å². The zero-order valence-corrected chi connectivity index (χ0v) is 13.4. The van der Waals surface area contributed by atoms with Gasteiger partial charge in [-0.05, 0) is 25.2 Å². The molecule has 2 aliphatic rings. The predicted molar refractivity (Wildman–Crippen MR) is 82.3 cm³/mol. The van der Waals surface area contributed by atoms with Crippen LogP contribution in [0.2, 0.25) is 0 Å². The molecule has 21 heavy (non-hydrogen) atoms. The molecule has 0 spiro atoms. The Morgan fingerprint density at radius 2 is 2.05 bits per heavy atom. The molecule has 0 bridgehead atoms. The van der Waals surface area contributed by atoms with Crippen molar-refractivity contribution in [2.45, 2.75) is 65.8 Å². The molecule has 3 heterocycles. The van der Waals surface area contributed by atoms with Crippen LogP contribution in [0.3, 0.4) is 0 Å². The van der Waals surface area contributed by atoms with Gasteiger partial charge in [-0.25, -0.2) is 5.43 Å². The van der Waals surface area contributed by atoms with Gasteiger partial charge in [-0.1, -0.05) is 27.7 Å². The van der Waals surface area contributed by atoms with Crippen LogP contribution in [-0.4, -0.2) is 21.4 Å². The quantitative estimate of drug-likeness (QED) is 0.909. The number of carbonyl (C=O) groups excluding carboxylic acids is 1. The number of hydrazone groups is 1. The van der Waals surface area contributed by atoms with Gasteiger partial charge >= 0.3 is 0 Å². The molecule has 1 amide bonds. The lowest BCUT2D eigenvalue weighted by Gasteiger charge is -2.30. The average Bonchev–Trinajstić information content (AvgIpc) is 2.77. The van der Waals surface area contributed by atoms with E-state index in [9.17, 15) is 4.79 Å². The second kappa shape index (κ2) is 4.97. The van der Waals surface area contributed by atoms with Gasteiger partial charge < -0.3 is 0 Å². The molecule has 0 aromatic carbocycles. The SMILES string of the molecule is CC(C)c1nn2c(c1C1=NNC(=O)CC1(C)C)CCCC2. The highest BCUT2D eigenvalue weighted by Crippen LogP contribution is 2.35. The van der Waals surface area contributed by atoms with E-state index >= 15 is 0 Å². The first-order chi connectivity index (χ1) is 9.90. The van der Waals surface area contributed by atoms with Gasteiger partial charge in [0, 0.05) is 29.6 Å². The van der Waals surface area contributed by atoms with Gasteiger partial charge in [0.2, 0.25) is 5.91 Å². The first kappa shape index (κ1) is 14.3. The maximum Gasteiger partial charge on any atom is 0.241 e. The summed E-state index contributed by atoms with van der Waals surface area (Å²) in [5, 5.41) is 9.25. The minimum absolute atomic E-state index is 0.00381. The zero-order chi connectivity index (χ0) is 15.2. The van der Waals surface area contributed by atoms with E-state index in [1.54, 1.807) is 0 Å². The van der Waals surface area contributed by atoms with Crippen molar-refractivity contribution < 1.29 is 4.79 Å². The predicted octanol–water partition coefficient (Wildman–Crippen LogP) is 2.59. The molecule has 0 radical (unpaired) electrons. The largest absolute Gasteiger partial charge is 0.273 e. The van der Waals surface area contributed by atoms with Crippen LogP contribution in [0.1, 0.15) is 69.8 Å². The Bertz CT molecular complexity index is 610. The van der Waals surface area contributed by atoms with Crippen molar-refractivity contribution in [1.29, 1.82) is 0 Å². The second-order valence-electron chi connectivity index (χ2n) is 7.10. The smallest absolute Gasteiger partial charge is 0.241 e. The standard InChI is InChI=1S/C16H24N4O/c1-10(2)14-13(11-7-5-6-8-20(11)19-14)15-16(3,4)9-12(21)17-18-15/h10H,5-9H2,1-4H3,(H,17,21). The lowest BCUT2D eigenvalue weighted by molar-refractivity contribution is -0.122. The Hall–Kier alpha value is -1.65. The summed E-state index contributed by atoms with van der Waals surface area (Å²) in [6.45, 7) is 9.54. The van der Waals surface area contributed by atoms with Crippen LogP contribution in [0, 0.1) is 5.41 Å². The number of rotatable bonds is 2. The van der Waals surface area contributed by atoms with E-state index in [1.165, 1.54) is 24.1 Å². The highest BCUT2D eigenvalue weighted by molar-refractivity contribution is 6.09. The van der Waals surface area contributed by atoms with Crippen molar-refractivity contribution in [1.82, 2.24) is 15.2 Å². The van der Waals surface area contributed by atoms with Crippen LogP contribution in [0.4, 0.5) is 0 Å². The maximum absolute atomic E-state index is 11.7. The molecule has 2 aliphatic heterocycles. The summed E-state index contributed by atoms with van der Waals surface area (Å²) in [6, 6.07) is 0. The van der Waals surface area contributed by atoms with Crippen LogP contribution < -0.4 is 5.43 Å². The summed E-state index contributed by atoms with van der Waals surface area (Å²) in [6.07, 6.45) is 3.93. The maximum atomic E-state index is 11.7. The summed E-state index contributed by atoms with van der Waals surface area (Å²) in [5.41, 5.74) is 7.02. The molecule has 0 atom stereocenters. The van der Waals surface area contributed by atoms with Crippen molar-refractivity contribution in [2.24, 2.45) is 10.5 Å². The highest BCUT2D eigenvalue weighted by atomic mass is 16.2. The monoisotopic (exact) mass is 288 g/mol. The van der Waals surface area contributed by atoms with Crippen molar-refractivity contribution in [2.75, 3.05) is 0 Å². The minimum atomic E-state index is -0.242. The van der Waals surface area contributed by atoms with E-state index in [2.05, 4.69) is 42.9 Å². The van der Waals surface area contributed by atoms with Gasteiger partial charge in [-0.15, -0.1) is 0 Å². The van der Waals surface area contributed by atoms with Gasteiger partial charge in [0.25, 0.3) is 0 Å². The average molecular weight is 288 g/mol. The molecular formula is C16H24N4O. The van der Waals surface area contributed by atoms with Gasteiger partial charge in [-0.2, -0.15) is 10.2 Å². The lowest BCUT2D eigenvalue weighted by atomic mass is 9.77. The summed E-state index contributed by atoms with van der Waals surface area (Å²) < 4.78 is 2.16. The number of aryl methyl sites for hydroxylation is 1. The fraction of sp³-hybridized carbons (Fsp3) is 0.688. The van der Waals surface area contributed by atoms with E-state index in [0.717, 1.165) is 24.4 Å². The Balaban J connectivity index is 2.17. The molecule has 0 unspecified atom stereocenters. The topological polar surface area (TPSA) is 59.3 Å². The zero-order valence-electron chi connectivity index (χ0n) is 13.4. The van der Waals surface area contributed by atoms with E-state index < -0.39 is 0 Å². The molecule has 5 heteroatoms. The van der Waals surface area contributed by atoms with Crippen molar-refractivity contribution in [3.8, 4) is 0 Å². The summed E-state index contributed by atoms with van der Waals surface area (Å²) >= 11 is 0. The van der Waals surface area contributed by atoms with Crippen LogP contribution in [0.25, 0.3) is 0 Å². The first-order valence-electron chi connectivity index (χ1n) is 7.87. The molecule has 114 valence electrons. The van der Waals surface area contributed by atoms with Gasteiger partial charge in [0.15, 0.2) is 0 Å². The lowest BCUT2D eigenvalue weighted by Crippen LogP contribution is -2.40. The number of nitrogens with one attached hydrogen (secondary N) is 1. The van der Waals surface area contributed by atoms with E-state index in [-0.39, 0.29) is 11.3 Å². The first-order valence-corrected chi connectivity index (χ1v) is 7.87. The summed E-state index contributed by atoms with van der Waals surface area (Å²) in [4.78, 5) is 11.7. The molecule has 0 saturated carbocycles. The molecule has 1 aromatic heterocycles. The minimum Gasteiger partial charge on any atom is -0.273 e. The van der Waals surface area contributed by atoms with Crippen LogP contribution in [0.5, 0.6) is 0 Å². The third-order valence-electron chi connectivity index (χ3n) is 4.44. The number of amides is 1. The number of aromatic nitrogens is 2. The number of hydrogen-bond donors (Lipinski definition) is 1. The molecule has 5 nitrogen and oxygen atoms in total. The van der Waals surface area contributed by atoms with Crippen molar-refractivity contribution in [3.05, 3.63) is 17.0 Å². The van der Waals surface area contributed by atoms with E-state index in [0.29, 0.717) is 12.3 Å². The van der Waals surface area contributed by atoms with Crippen molar-refractivity contribution >= 4 is 11.6 Å². The highest BCUT2D eigenvalue weighted by Gasteiger charge is 2.37. The Morgan fingerprint density at radius 1 is 1.29 bits per heavy atom. The van der Waals surface area contributed by atoms with Crippen LogP contribution in [-0.2, 0) is 17.8 Å². The Kier molecular flexibility index (Phi) is 3.38. The Morgan fingerprint density at radius 3 is 2.71 bits per heavy atom. The fourth-order valence-electron chi connectivity index (χ4n) is 3.36. The molecule has 0 aliphatic carbocycles. The third-order valence-corrected chi connectivity index (χ3v) is 4.44. The molecule has 0 saturated heterocycles. The number of carbonyl (C=O) groups is 1. The molecular weight excluding hydrogens is 264 g/mol. The number of fused-ring (bicyclic) bond motifs is 1. The van der Waals surface area contributed by atoms with Gasteiger partial charge in [-0.3, -0.25) is 9.48 Å². The Labute approximate surface area is 125 Å². The second-order valence-corrected chi connectivity index (χ2v) is 7.10.